The highest BCUT2D eigenvalue weighted by Gasteiger charge is 2.32. The van der Waals surface area contributed by atoms with Crippen LogP contribution in [0.15, 0.2) is 0 Å². The maximum absolute atomic E-state index is 12.4. The maximum atomic E-state index is 12.4. The van der Waals surface area contributed by atoms with Crippen molar-refractivity contribution in [1.82, 2.24) is 9.78 Å². The van der Waals surface area contributed by atoms with Gasteiger partial charge in [-0.1, -0.05) is 0 Å². The molecule has 0 fully saturated rings. The number of nitrogens with zero attached hydrogens (tertiary/aromatic N) is 2. The van der Waals surface area contributed by atoms with E-state index in [2.05, 4.69) is 10.4 Å². The van der Waals surface area contributed by atoms with Crippen molar-refractivity contribution < 1.29 is 32.6 Å². The Morgan fingerprint density at radius 2 is 1.86 bits per heavy atom. The second kappa shape index (κ2) is 5.85. The summed E-state index contributed by atoms with van der Waals surface area (Å²) >= 11 is 0. The molecule has 1 rings (SSSR count). The Balaban J connectivity index is 3.11. The third-order valence-electron chi connectivity index (χ3n) is 2.37. The van der Waals surface area contributed by atoms with Crippen molar-refractivity contribution in [3.8, 4) is 0 Å². The molecule has 0 atom stereocenters. The number of anilines is 1. The van der Waals surface area contributed by atoms with Gasteiger partial charge >= 0.3 is 18.2 Å². The lowest BCUT2D eigenvalue weighted by Gasteiger charge is -2.19. The van der Waals surface area contributed by atoms with E-state index >= 15 is 0 Å². The molecule has 10 heteroatoms. The first-order valence-electron chi connectivity index (χ1n) is 6.17. The number of carboxylic acid groups (broad SMARTS) is 1. The minimum atomic E-state index is -4.57. The van der Waals surface area contributed by atoms with Crippen molar-refractivity contribution in [1.29, 1.82) is 0 Å². The van der Waals surface area contributed by atoms with Crippen molar-refractivity contribution in [3.63, 3.8) is 0 Å². The van der Waals surface area contributed by atoms with E-state index in [4.69, 9.17) is 9.84 Å². The van der Waals surface area contributed by atoms with Gasteiger partial charge in [0, 0.05) is 0 Å². The van der Waals surface area contributed by atoms with Gasteiger partial charge in [-0.15, -0.1) is 0 Å². The van der Waals surface area contributed by atoms with Crippen LogP contribution in [0.5, 0.6) is 0 Å². The molecular formula is C12H16F3N3O4. The predicted molar refractivity (Wildman–Crippen MR) is 69.8 cm³/mol. The Hall–Kier alpha value is -2.26. The summed E-state index contributed by atoms with van der Waals surface area (Å²) in [6.45, 7) is 4.45. The first kappa shape index (κ1) is 17.8. The van der Waals surface area contributed by atoms with Crippen molar-refractivity contribution in [2.24, 2.45) is 0 Å². The summed E-state index contributed by atoms with van der Waals surface area (Å²) in [5.74, 6) is -2.00. The van der Waals surface area contributed by atoms with Gasteiger partial charge in [0.25, 0.3) is 0 Å². The predicted octanol–water partition coefficient (Wildman–Crippen LogP) is 2.80. The van der Waals surface area contributed by atoms with Crippen LogP contribution in [0.3, 0.4) is 0 Å². The van der Waals surface area contributed by atoms with E-state index in [0.717, 1.165) is 0 Å². The number of hydrogen-bond donors (Lipinski definition) is 2. The number of aromatic nitrogens is 2. The Labute approximate surface area is 124 Å². The Morgan fingerprint density at radius 1 is 1.32 bits per heavy atom. The fraction of sp³-hybridized carbons (Fsp3) is 0.583. The molecule has 0 aromatic carbocycles. The Kier molecular flexibility index (Phi) is 4.73. The number of aromatic carboxylic acids is 1. The lowest BCUT2D eigenvalue weighted by molar-refractivity contribution is -0.142. The number of alkyl halides is 3. The van der Waals surface area contributed by atoms with Crippen LogP contribution in [-0.2, 0) is 11.3 Å². The van der Waals surface area contributed by atoms with E-state index in [1.165, 1.54) is 6.92 Å². The molecule has 0 unspecified atom stereocenters. The van der Waals surface area contributed by atoms with Crippen LogP contribution in [0.25, 0.3) is 0 Å². The van der Waals surface area contributed by atoms with Crippen LogP contribution < -0.4 is 5.32 Å². The van der Waals surface area contributed by atoms with Gasteiger partial charge in [-0.25, -0.2) is 9.59 Å². The lowest BCUT2D eigenvalue weighted by Crippen LogP contribution is -2.28. The highest BCUT2D eigenvalue weighted by atomic mass is 19.4. The van der Waals surface area contributed by atoms with E-state index in [0.29, 0.717) is 4.68 Å². The van der Waals surface area contributed by atoms with E-state index in [1.54, 1.807) is 20.8 Å². The highest BCUT2D eigenvalue weighted by molar-refractivity contribution is 5.98. The van der Waals surface area contributed by atoms with E-state index < -0.39 is 41.8 Å². The minimum Gasteiger partial charge on any atom is -0.477 e. The SMILES string of the molecule is Cc1c(C(=O)O)c(NC(=O)OC(C)(C)C)nn1CC(F)(F)F. The molecule has 1 aromatic rings. The first-order chi connectivity index (χ1) is 9.80. The van der Waals surface area contributed by atoms with Crippen LogP contribution >= 0.6 is 0 Å². The van der Waals surface area contributed by atoms with E-state index in [1.807, 2.05) is 0 Å². The van der Waals surface area contributed by atoms with Gasteiger partial charge in [0.1, 0.15) is 17.7 Å². The second-order valence-corrected chi connectivity index (χ2v) is 5.51. The normalized spacial score (nSPS) is 12.1. The van der Waals surface area contributed by atoms with Crippen LogP contribution in [0.4, 0.5) is 23.8 Å². The molecule has 0 aliphatic heterocycles. The number of carboxylic acids is 1. The van der Waals surface area contributed by atoms with Crippen molar-refractivity contribution in [3.05, 3.63) is 11.3 Å². The molecule has 124 valence electrons. The largest absolute Gasteiger partial charge is 0.477 e. The Morgan fingerprint density at radius 3 is 2.27 bits per heavy atom. The monoisotopic (exact) mass is 323 g/mol. The maximum Gasteiger partial charge on any atom is 0.413 e. The number of nitrogens with one attached hydrogen (secondary N) is 1. The van der Waals surface area contributed by atoms with Gasteiger partial charge < -0.3 is 9.84 Å². The molecule has 1 heterocycles. The molecule has 0 aliphatic carbocycles. The van der Waals surface area contributed by atoms with Gasteiger partial charge in [0.2, 0.25) is 0 Å². The first-order valence-corrected chi connectivity index (χ1v) is 6.17. The zero-order chi connectivity index (χ0) is 17.3. The van der Waals surface area contributed by atoms with Crippen molar-refractivity contribution >= 4 is 17.9 Å². The van der Waals surface area contributed by atoms with Gasteiger partial charge in [0.15, 0.2) is 5.82 Å². The molecule has 22 heavy (non-hydrogen) atoms. The van der Waals surface area contributed by atoms with Gasteiger partial charge in [-0.3, -0.25) is 10.00 Å². The number of amides is 1. The number of hydrogen-bond acceptors (Lipinski definition) is 4. The summed E-state index contributed by atoms with van der Waals surface area (Å²) in [5, 5.41) is 14.6. The summed E-state index contributed by atoms with van der Waals surface area (Å²) in [7, 11) is 0. The summed E-state index contributed by atoms with van der Waals surface area (Å²) in [6, 6.07) is 0. The van der Waals surface area contributed by atoms with Gasteiger partial charge in [0.05, 0.1) is 5.69 Å². The fourth-order valence-electron chi connectivity index (χ4n) is 1.61. The third-order valence-corrected chi connectivity index (χ3v) is 2.37. The molecule has 7 nitrogen and oxygen atoms in total. The standard InChI is InChI=1S/C12H16F3N3O4/c1-6-7(9(19)20)8(16-10(21)22-11(2,3)4)17-18(6)5-12(13,14)15/h5H2,1-4H3,(H,19,20)(H,16,17,21). The molecule has 0 saturated carbocycles. The van der Waals surface area contributed by atoms with E-state index in [9.17, 15) is 22.8 Å². The van der Waals surface area contributed by atoms with E-state index in [-0.39, 0.29) is 5.69 Å². The Bertz CT molecular complexity index is 588. The van der Waals surface area contributed by atoms with Crippen LogP contribution in [0, 0.1) is 6.92 Å². The van der Waals surface area contributed by atoms with Crippen LogP contribution in [-0.4, -0.2) is 38.7 Å². The van der Waals surface area contributed by atoms with Crippen molar-refractivity contribution in [2.75, 3.05) is 5.32 Å². The molecule has 0 radical (unpaired) electrons. The quantitative estimate of drug-likeness (QED) is 0.892. The molecule has 2 N–H and O–H groups in total. The second-order valence-electron chi connectivity index (χ2n) is 5.51. The molecule has 0 bridgehead atoms. The lowest BCUT2D eigenvalue weighted by atomic mass is 10.2. The van der Waals surface area contributed by atoms with Gasteiger partial charge in [-0.05, 0) is 27.7 Å². The topological polar surface area (TPSA) is 93.5 Å². The third kappa shape index (κ3) is 4.93. The molecule has 1 amide bonds. The number of ether oxygens (including phenoxy) is 1. The smallest absolute Gasteiger partial charge is 0.413 e. The zero-order valence-electron chi connectivity index (χ0n) is 12.4. The summed E-state index contributed by atoms with van der Waals surface area (Å²) in [5.41, 5.74) is -1.59. The number of rotatable bonds is 3. The molecular weight excluding hydrogens is 307 g/mol. The van der Waals surface area contributed by atoms with Crippen molar-refractivity contribution in [2.45, 2.75) is 46.0 Å². The molecule has 1 aromatic heterocycles. The highest BCUT2D eigenvalue weighted by Crippen LogP contribution is 2.24. The summed E-state index contributed by atoms with van der Waals surface area (Å²) in [4.78, 5) is 22.8. The molecule has 0 spiro atoms. The molecule has 0 aliphatic rings. The minimum absolute atomic E-state index is 0.226. The molecule has 0 saturated heterocycles. The average molecular weight is 323 g/mol. The number of carbonyl (C=O) groups excluding carboxylic acids is 1. The van der Waals surface area contributed by atoms with Crippen LogP contribution in [0.1, 0.15) is 36.8 Å². The average Bonchev–Trinajstić information content (AvgIpc) is 2.49. The fourth-order valence-corrected chi connectivity index (χ4v) is 1.61. The number of carbonyl (C=O) groups is 2. The number of halogens is 3. The van der Waals surface area contributed by atoms with Crippen LogP contribution in [0.2, 0.25) is 0 Å². The zero-order valence-corrected chi connectivity index (χ0v) is 12.4. The van der Waals surface area contributed by atoms with Gasteiger partial charge in [-0.2, -0.15) is 18.3 Å². The summed E-state index contributed by atoms with van der Waals surface area (Å²) < 4.78 is 42.7. The summed E-state index contributed by atoms with van der Waals surface area (Å²) in [6.07, 6.45) is -5.58.